The summed E-state index contributed by atoms with van der Waals surface area (Å²) in [7, 11) is -1.56. The van der Waals surface area contributed by atoms with Gasteiger partial charge < -0.3 is 20.3 Å². The lowest BCUT2D eigenvalue weighted by atomic mass is 9.64. The Kier molecular flexibility index (Phi) is 3.93. The summed E-state index contributed by atoms with van der Waals surface area (Å²) >= 11 is 0. The van der Waals surface area contributed by atoms with Gasteiger partial charge in [-0.1, -0.05) is 0 Å². The predicted molar refractivity (Wildman–Crippen MR) is 58.2 cm³/mol. The third-order valence-electron chi connectivity index (χ3n) is 3.03. The summed E-state index contributed by atoms with van der Waals surface area (Å²) in [6, 6.07) is 0. The van der Waals surface area contributed by atoms with Crippen LogP contribution in [0.15, 0.2) is 0 Å². The third kappa shape index (κ3) is 2.54. The van der Waals surface area contributed by atoms with Crippen LogP contribution in [0.5, 0.6) is 0 Å². The predicted octanol–water partition coefficient (Wildman–Crippen LogP) is -1.48. The van der Waals surface area contributed by atoms with E-state index in [0.717, 1.165) is 6.42 Å². The molecule has 0 radical (unpaired) electrons. The molecule has 0 spiro atoms. The second-order valence-electron chi connectivity index (χ2n) is 4.29. The zero-order valence-corrected chi connectivity index (χ0v) is 9.56. The molecular weight excluding hydrogens is 211 g/mol. The fourth-order valence-corrected chi connectivity index (χ4v) is 1.96. The quantitative estimate of drug-likeness (QED) is 0.513. The first-order valence-electron chi connectivity index (χ1n) is 5.29. The highest BCUT2D eigenvalue weighted by Crippen LogP contribution is 2.29. The summed E-state index contributed by atoms with van der Waals surface area (Å²) in [5.41, 5.74) is -0.935. The second kappa shape index (κ2) is 4.84. The van der Waals surface area contributed by atoms with Gasteiger partial charge in [0.1, 0.15) is 0 Å². The monoisotopic (exact) mass is 228 g/mol. The van der Waals surface area contributed by atoms with Gasteiger partial charge in [-0.2, -0.15) is 0 Å². The molecule has 1 heterocycles. The van der Waals surface area contributed by atoms with Crippen molar-refractivity contribution in [3.8, 4) is 0 Å². The number of rotatable bonds is 3. The first-order valence-corrected chi connectivity index (χ1v) is 5.29. The van der Waals surface area contributed by atoms with Crippen LogP contribution in [0.25, 0.3) is 0 Å². The van der Waals surface area contributed by atoms with E-state index in [9.17, 15) is 19.6 Å². The van der Waals surface area contributed by atoms with Crippen LogP contribution >= 0.6 is 0 Å². The molecular formula is C9H17BN2O4. The summed E-state index contributed by atoms with van der Waals surface area (Å²) in [4.78, 5) is 23.9. The highest BCUT2D eigenvalue weighted by molar-refractivity contribution is 6.46. The number of likely N-dealkylation sites (tertiary alicyclic amines) is 1. The van der Waals surface area contributed by atoms with Crippen molar-refractivity contribution in [2.45, 2.75) is 32.1 Å². The first-order chi connectivity index (χ1) is 7.38. The molecule has 1 rings (SSSR count). The Morgan fingerprint density at radius 3 is 2.62 bits per heavy atom. The number of amides is 2. The van der Waals surface area contributed by atoms with E-state index in [4.69, 9.17) is 0 Å². The normalized spacial score (nSPS) is 24.4. The van der Waals surface area contributed by atoms with Gasteiger partial charge in [-0.3, -0.25) is 9.59 Å². The highest BCUT2D eigenvalue weighted by atomic mass is 16.4. The molecule has 0 aliphatic carbocycles. The number of hydrogen-bond acceptors (Lipinski definition) is 4. The average molecular weight is 228 g/mol. The largest absolute Gasteiger partial charge is 0.478 e. The van der Waals surface area contributed by atoms with Crippen LogP contribution in [0.1, 0.15) is 26.7 Å². The van der Waals surface area contributed by atoms with E-state index in [1.807, 2.05) is 0 Å². The van der Waals surface area contributed by atoms with Crippen LogP contribution in [-0.2, 0) is 9.59 Å². The maximum absolute atomic E-state index is 11.8. The fraction of sp³-hybridized carbons (Fsp3) is 0.778. The van der Waals surface area contributed by atoms with Crippen LogP contribution in [-0.4, -0.2) is 52.4 Å². The van der Waals surface area contributed by atoms with Gasteiger partial charge in [0.25, 0.3) is 0 Å². The topological polar surface area (TPSA) is 89.9 Å². The van der Waals surface area contributed by atoms with Crippen LogP contribution < -0.4 is 5.32 Å². The molecule has 1 fully saturated rings. The molecule has 1 aliphatic heterocycles. The van der Waals surface area contributed by atoms with Gasteiger partial charge in [0.05, 0.1) is 12.0 Å². The number of carbonyl (C=O) groups excluding carboxylic acids is 2. The fourth-order valence-electron chi connectivity index (χ4n) is 1.96. The molecule has 0 aromatic heterocycles. The molecule has 6 nitrogen and oxygen atoms in total. The van der Waals surface area contributed by atoms with Crippen molar-refractivity contribution in [2.24, 2.45) is 0 Å². The van der Waals surface area contributed by atoms with Gasteiger partial charge >= 0.3 is 7.12 Å². The summed E-state index contributed by atoms with van der Waals surface area (Å²) in [6.45, 7) is 3.36. The van der Waals surface area contributed by atoms with Crippen LogP contribution in [0.3, 0.4) is 0 Å². The Morgan fingerprint density at radius 1 is 1.50 bits per heavy atom. The van der Waals surface area contributed by atoms with E-state index >= 15 is 0 Å². The maximum atomic E-state index is 11.8. The maximum Gasteiger partial charge on any atom is 0.478 e. The van der Waals surface area contributed by atoms with Gasteiger partial charge in [-0.25, -0.2) is 0 Å². The van der Waals surface area contributed by atoms with Gasteiger partial charge in [0.2, 0.25) is 11.8 Å². The van der Waals surface area contributed by atoms with E-state index < -0.39 is 12.6 Å². The lowest BCUT2D eigenvalue weighted by Crippen LogP contribution is -2.57. The summed E-state index contributed by atoms with van der Waals surface area (Å²) < 4.78 is 0. The summed E-state index contributed by atoms with van der Waals surface area (Å²) in [6.07, 6.45) is 1.29. The molecule has 2 amide bonds. The van der Waals surface area contributed by atoms with E-state index in [1.54, 1.807) is 6.92 Å². The lowest BCUT2D eigenvalue weighted by molar-refractivity contribution is -0.134. The Labute approximate surface area is 94.8 Å². The Morgan fingerprint density at radius 2 is 2.12 bits per heavy atom. The minimum Gasteiger partial charge on any atom is -0.426 e. The van der Waals surface area contributed by atoms with E-state index in [-0.39, 0.29) is 18.4 Å². The van der Waals surface area contributed by atoms with Gasteiger partial charge in [0, 0.05) is 13.5 Å². The molecule has 0 bridgehead atoms. The van der Waals surface area contributed by atoms with Crippen LogP contribution in [0, 0.1) is 0 Å². The van der Waals surface area contributed by atoms with Crippen molar-refractivity contribution in [1.82, 2.24) is 10.2 Å². The van der Waals surface area contributed by atoms with Crippen LogP contribution in [0.2, 0.25) is 0 Å². The Bertz CT molecular complexity index is 297. The minimum absolute atomic E-state index is 0.0996. The number of nitrogens with one attached hydrogen (secondary N) is 1. The van der Waals surface area contributed by atoms with E-state index in [0.29, 0.717) is 13.0 Å². The molecule has 90 valence electrons. The number of hydrogen-bond donors (Lipinski definition) is 3. The van der Waals surface area contributed by atoms with Crippen LogP contribution in [0.4, 0.5) is 0 Å². The van der Waals surface area contributed by atoms with E-state index in [1.165, 1.54) is 11.8 Å². The molecule has 0 aromatic rings. The first kappa shape index (κ1) is 13.0. The number of carbonyl (C=O) groups is 2. The van der Waals surface area contributed by atoms with Crippen molar-refractivity contribution in [2.75, 3.05) is 13.1 Å². The minimum atomic E-state index is -1.56. The smallest absolute Gasteiger partial charge is 0.426 e. The molecule has 7 heteroatoms. The summed E-state index contributed by atoms with van der Waals surface area (Å²) in [5.74, 6) is -0.568. The van der Waals surface area contributed by atoms with Crippen molar-refractivity contribution in [3.63, 3.8) is 0 Å². The van der Waals surface area contributed by atoms with Gasteiger partial charge in [-0.05, 0) is 19.8 Å². The molecule has 16 heavy (non-hydrogen) atoms. The summed E-state index contributed by atoms with van der Waals surface area (Å²) in [5, 5.41) is 21.0. The molecule has 1 aliphatic rings. The highest BCUT2D eigenvalue weighted by Gasteiger charge is 2.48. The van der Waals surface area contributed by atoms with Crippen molar-refractivity contribution >= 4 is 18.9 Å². The molecule has 3 N–H and O–H groups in total. The molecule has 1 atom stereocenters. The second-order valence-corrected chi connectivity index (χ2v) is 4.29. The van der Waals surface area contributed by atoms with Gasteiger partial charge in [-0.15, -0.1) is 0 Å². The Hall–Kier alpha value is -1.08. The molecule has 1 saturated heterocycles. The average Bonchev–Trinajstić information content (AvgIpc) is 2.58. The Balaban J connectivity index is 2.64. The number of nitrogens with zero attached hydrogens (tertiary/aromatic N) is 1. The molecule has 0 aromatic carbocycles. The van der Waals surface area contributed by atoms with Crippen molar-refractivity contribution < 1.29 is 19.6 Å². The van der Waals surface area contributed by atoms with Crippen molar-refractivity contribution in [1.29, 1.82) is 0 Å². The van der Waals surface area contributed by atoms with Crippen molar-refractivity contribution in [3.05, 3.63) is 0 Å². The molecule has 1 unspecified atom stereocenters. The van der Waals surface area contributed by atoms with E-state index in [2.05, 4.69) is 5.32 Å². The standard InChI is InChI=1S/C9H17BN2O4/c1-7(13)11-6-8(14)12-5-3-4-9(12,2)10(15)16/h15-16H,3-6H2,1-2H3,(H,11,13). The lowest BCUT2D eigenvalue weighted by Gasteiger charge is -2.34. The third-order valence-corrected chi connectivity index (χ3v) is 3.03. The van der Waals surface area contributed by atoms with Gasteiger partial charge in [0.15, 0.2) is 0 Å². The SMILES string of the molecule is CC(=O)NCC(=O)N1CCCC1(C)B(O)O. The molecule has 0 saturated carbocycles. The zero-order valence-electron chi connectivity index (χ0n) is 9.56. The zero-order chi connectivity index (χ0) is 12.3.